The summed E-state index contributed by atoms with van der Waals surface area (Å²) in [6.07, 6.45) is -1.17. The molecule has 9 nitrogen and oxygen atoms in total. The number of fused-ring (bicyclic) bond motifs is 1. The summed E-state index contributed by atoms with van der Waals surface area (Å²) in [5.74, 6) is -0.789. The van der Waals surface area contributed by atoms with Crippen LogP contribution >= 0.6 is 0 Å². The molecule has 3 N–H and O–H groups in total. The lowest BCUT2D eigenvalue weighted by molar-refractivity contribution is 0.0951. The number of nitrogens with one attached hydrogen (secondary N) is 2. The summed E-state index contributed by atoms with van der Waals surface area (Å²) < 4.78 is 6.68. The molecule has 9 heteroatoms. The zero-order chi connectivity index (χ0) is 21.0. The Morgan fingerprint density at radius 1 is 1.17 bits per heavy atom. The number of likely N-dealkylation sites (N-methyl/N-ethyl adjacent to an activating group) is 1. The molecule has 0 bridgehead atoms. The third kappa shape index (κ3) is 5.02. The molecule has 2 aromatic carbocycles. The van der Waals surface area contributed by atoms with Crippen LogP contribution < -0.4 is 16.4 Å². The lowest BCUT2D eigenvalue weighted by Crippen LogP contribution is -2.31. The summed E-state index contributed by atoms with van der Waals surface area (Å²) in [5, 5.41) is 14.0. The van der Waals surface area contributed by atoms with Crippen LogP contribution in [0, 0.1) is 0 Å². The Bertz CT molecular complexity index is 1100. The van der Waals surface area contributed by atoms with Gasteiger partial charge in [0.2, 0.25) is 0 Å². The van der Waals surface area contributed by atoms with Crippen LogP contribution in [0.3, 0.4) is 0 Å². The summed E-state index contributed by atoms with van der Waals surface area (Å²) in [7, 11) is 3.84. The number of carbonyl (C=O) groups is 2. The number of hydrogen-bond acceptors (Lipinski definition) is 5. The molecule has 0 aliphatic rings. The van der Waals surface area contributed by atoms with E-state index in [1.165, 1.54) is 4.57 Å². The van der Waals surface area contributed by atoms with Crippen molar-refractivity contribution < 1.29 is 19.1 Å². The van der Waals surface area contributed by atoms with E-state index in [2.05, 4.69) is 10.6 Å². The third-order valence-corrected chi connectivity index (χ3v) is 4.29. The van der Waals surface area contributed by atoms with Gasteiger partial charge in [-0.15, -0.1) is 0 Å². The zero-order valence-electron chi connectivity index (χ0n) is 16.1. The van der Waals surface area contributed by atoms with Crippen molar-refractivity contribution in [1.29, 1.82) is 0 Å². The van der Waals surface area contributed by atoms with Gasteiger partial charge in [0.15, 0.2) is 5.58 Å². The number of carboxylic acid groups (broad SMARTS) is 1. The minimum absolute atomic E-state index is 0.173. The highest BCUT2D eigenvalue weighted by atomic mass is 16.4. The molecule has 0 fully saturated rings. The van der Waals surface area contributed by atoms with Crippen molar-refractivity contribution in [2.24, 2.45) is 0 Å². The number of hydrogen-bond donors (Lipinski definition) is 3. The number of anilines is 1. The van der Waals surface area contributed by atoms with Crippen LogP contribution in [0.1, 0.15) is 15.9 Å². The van der Waals surface area contributed by atoms with Crippen molar-refractivity contribution in [3.8, 4) is 0 Å². The van der Waals surface area contributed by atoms with Gasteiger partial charge < -0.3 is 19.7 Å². The number of carbonyl (C=O) groups excluding carboxylic acids is 1. The summed E-state index contributed by atoms with van der Waals surface area (Å²) >= 11 is 0. The second-order valence-electron chi connectivity index (χ2n) is 6.83. The van der Waals surface area contributed by atoms with Crippen LogP contribution in [0.4, 0.5) is 10.5 Å². The van der Waals surface area contributed by atoms with E-state index in [0.29, 0.717) is 41.0 Å². The first-order valence-electron chi connectivity index (χ1n) is 8.98. The van der Waals surface area contributed by atoms with Gasteiger partial charge in [0.1, 0.15) is 0 Å². The molecular formula is C20H22N4O5. The molecule has 2 amide bonds. The fourth-order valence-electron chi connectivity index (χ4n) is 2.90. The van der Waals surface area contributed by atoms with Crippen molar-refractivity contribution in [1.82, 2.24) is 14.8 Å². The molecule has 1 heterocycles. The monoisotopic (exact) mass is 398 g/mol. The molecule has 0 atom stereocenters. The Kier molecular flexibility index (Phi) is 5.99. The largest absolute Gasteiger partial charge is 0.465 e. The Labute approximate surface area is 166 Å². The maximum atomic E-state index is 12.4. The standard InChI is InChI=1S/C20H22N4O5/c1-23(2)9-8-21-18(25)14-6-7-17-16(11-14)24(20(28)29-17)12-13-4-3-5-15(10-13)22-19(26)27/h3-7,10-11,22H,8-9,12H2,1-2H3,(H,21,25)(H,26,27). The van der Waals surface area contributed by atoms with Crippen LogP contribution in [0.5, 0.6) is 0 Å². The molecule has 0 aliphatic heterocycles. The number of rotatable bonds is 7. The number of aromatic nitrogens is 1. The van der Waals surface area contributed by atoms with Gasteiger partial charge >= 0.3 is 11.8 Å². The van der Waals surface area contributed by atoms with E-state index in [1.807, 2.05) is 19.0 Å². The van der Waals surface area contributed by atoms with Crippen molar-refractivity contribution in [2.75, 3.05) is 32.5 Å². The van der Waals surface area contributed by atoms with Crippen LogP contribution in [0.15, 0.2) is 51.7 Å². The fraction of sp³-hybridized carbons (Fsp3) is 0.250. The van der Waals surface area contributed by atoms with Crippen LogP contribution in [0.25, 0.3) is 11.1 Å². The van der Waals surface area contributed by atoms with Gasteiger partial charge in [-0.25, -0.2) is 9.59 Å². The predicted octanol–water partition coefficient (Wildman–Crippen LogP) is 2.02. The van der Waals surface area contributed by atoms with E-state index >= 15 is 0 Å². The SMILES string of the molecule is CN(C)CCNC(=O)c1ccc2oc(=O)n(Cc3cccc(NC(=O)O)c3)c2c1. The molecule has 1 aromatic heterocycles. The molecular weight excluding hydrogens is 376 g/mol. The van der Waals surface area contributed by atoms with Crippen molar-refractivity contribution in [3.63, 3.8) is 0 Å². The van der Waals surface area contributed by atoms with Crippen molar-refractivity contribution in [3.05, 3.63) is 64.1 Å². The zero-order valence-corrected chi connectivity index (χ0v) is 16.1. The van der Waals surface area contributed by atoms with E-state index in [-0.39, 0.29) is 12.5 Å². The maximum absolute atomic E-state index is 12.4. The van der Waals surface area contributed by atoms with Crippen LogP contribution in [0.2, 0.25) is 0 Å². The number of nitrogens with zero attached hydrogens (tertiary/aromatic N) is 2. The maximum Gasteiger partial charge on any atom is 0.420 e. The van der Waals surface area contributed by atoms with Gasteiger partial charge in [0.25, 0.3) is 5.91 Å². The van der Waals surface area contributed by atoms with Crippen LogP contribution in [-0.4, -0.2) is 53.8 Å². The minimum atomic E-state index is -1.17. The molecule has 0 radical (unpaired) electrons. The van der Waals surface area contributed by atoms with E-state index in [0.717, 1.165) is 0 Å². The highest BCUT2D eigenvalue weighted by molar-refractivity contribution is 5.97. The Morgan fingerprint density at radius 3 is 2.69 bits per heavy atom. The van der Waals surface area contributed by atoms with Gasteiger partial charge in [-0.1, -0.05) is 12.1 Å². The minimum Gasteiger partial charge on any atom is -0.465 e. The van der Waals surface area contributed by atoms with Gasteiger partial charge in [-0.2, -0.15) is 0 Å². The molecule has 3 aromatic rings. The van der Waals surface area contributed by atoms with E-state index in [1.54, 1.807) is 42.5 Å². The molecule has 0 spiro atoms. The van der Waals surface area contributed by atoms with Crippen LogP contribution in [-0.2, 0) is 6.54 Å². The first-order valence-corrected chi connectivity index (χ1v) is 8.98. The highest BCUT2D eigenvalue weighted by Gasteiger charge is 2.14. The second kappa shape index (κ2) is 8.61. The molecule has 3 rings (SSSR count). The average molecular weight is 398 g/mol. The average Bonchev–Trinajstić information content (AvgIpc) is 2.96. The predicted molar refractivity (Wildman–Crippen MR) is 109 cm³/mol. The smallest absolute Gasteiger partial charge is 0.420 e. The first kappa shape index (κ1) is 20.2. The van der Waals surface area contributed by atoms with E-state index < -0.39 is 11.8 Å². The lowest BCUT2D eigenvalue weighted by atomic mass is 10.1. The molecule has 0 saturated heterocycles. The summed E-state index contributed by atoms with van der Waals surface area (Å²) in [4.78, 5) is 37.5. The van der Waals surface area contributed by atoms with Gasteiger partial charge in [0.05, 0.1) is 12.1 Å². The topological polar surface area (TPSA) is 117 Å². The molecule has 0 saturated carbocycles. The highest BCUT2D eigenvalue weighted by Crippen LogP contribution is 2.18. The number of benzene rings is 2. The summed E-state index contributed by atoms with van der Waals surface area (Å²) in [5.41, 5.74) is 2.40. The molecule has 152 valence electrons. The third-order valence-electron chi connectivity index (χ3n) is 4.29. The summed E-state index contributed by atoms with van der Waals surface area (Å²) in [6, 6.07) is 11.5. The van der Waals surface area contributed by atoms with Gasteiger partial charge in [-0.3, -0.25) is 14.7 Å². The number of oxazole rings is 1. The number of amides is 2. The molecule has 29 heavy (non-hydrogen) atoms. The normalized spacial score (nSPS) is 11.0. The fourth-order valence-corrected chi connectivity index (χ4v) is 2.90. The Hall–Kier alpha value is -3.59. The van der Waals surface area contributed by atoms with Gasteiger partial charge in [-0.05, 0) is 50.0 Å². The Morgan fingerprint density at radius 2 is 1.97 bits per heavy atom. The lowest BCUT2D eigenvalue weighted by Gasteiger charge is -2.10. The van der Waals surface area contributed by atoms with E-state index in [9.17, 15) is 14.4 Å². The first-order chi connectivity index (χ1) is 13.8. The van der Waals surface area contributed by atoms with E-state index in [4.69, 9.17) is 9.52 Å². The quantitative estimate of drug-likeness (QED) is 0.561. The summed E-state index contributed by atoms with van der Waals surface area (Å²) in [6.45, 7) is 1.39. The van der Waals surface area contributed by atoms with Crippen molar-refractivity contribution >= 4 is 28.8 Å². The molecule has 0 aliphatic carbocycles. The molecule has 0 unspecified atom stereocenters. The second-order valence-corrected chi connectivity index (χ2v) is 6.83. The Balaban J connectivity index is 1.86. The van der Waals surface area contributed by atoms with Gasteiger partial charge in [0, 0.05) is 24.3 Å². The van der Waals surface area contributed by atoms with Crippen molar-refractivity contribution in [2.45, 2.75) is 6.54 Å².